The van der Waals surface area contributed by atoms with Crippen LogP contribution in [0.2, 0.25) is 0 Å². The minimum absolute atomic E-state index is 0.356. The Morgan fingerprint density at radius 3 is 2.36 bits per heavy atom. The summed E-state index contributed by atoms with van der Waals surface area (Å²) in [5.74, 6) is 1.92. The molecule has 12 nitrogen and oxygen atoms in total. The Bertz CT molecular complexity index is 1550. The molecule has 0 aliphatic carbocycles. The van der Waals surface area contributed by atoms with Gasteiger partial charge < -0.3 is 29.9 Å². The molecule has 3 aromatic rings. The van der Waals surface area contributed by atoms with Crippen molar-refractivity contribution in [2.45, 2.75) is 32.2 Å². The lowest BCUT2D eigenvalue weighted by Gasteiger charge is -2.43. The summed E-state index contributed by atoms with van der Waals surface area (Å²) in [7, 11) is 3.95. The first-order chi connectivity index (χ1) is 21.7. The predicted octanol–water partition coefficient (Wildman–Crippen LogP) is 4.48. The van der Waals surface area contributed by atoms with Gasteiger partial charge in [-0.15, -0.1) is 0 Å². The molecule has 0 atom stereocenters. The summed E-state index contributed by atoms with van der Waals surface area (Å²) in [6.45, 7) is 8.82. The number of methoxy groups -OCH3 is 2. The first-order valence-electron chi connectivity index (χ1n) is 15.2. The molecule has 0 saturated carbocycles. The number of likely N-dealkylation sites (N-methyl/N-ethyl adjacent to an activating group) is 1. The van der Waals surface area contributed by atoms with Crippen LogP contribution in [0, 0.1) is 0 Å². The third-order valence-electron chi connectivity index (χ3n) is 8.67. The Kier molecular flexibility index (Phi) is 10.9. The molecular weight excluding hydrogens is 660 g/mol. The van der Waals surface area contributed by atoms with Crippen LogP contribution in [0.4, 0.5) is 34.5 Å². The number of halogens is 1. The van der Waals surface area contributed by atoms with Crippen LogP contribution >= 0.6 is 15.9 Å². The van der Waals surface area contributed by atoms with Crippen molar-refractivity contribution in [2.75, 3.05) is 87.4 Å². The fourth-order valence-electron chi connectivity index (χ4n) is 6.08. The number of anilines is 6. The molecule has 2 aliphatic heterocycles. The highest BCUT2D eigenvalue weighted by atomic mass is 79.9. The summed E-state index contributed by atoms with van der Waals surface area (Å²) in [5, 5.41) is 6.58. The van der Waals surface area contributed by atoms with Gasteiger partial charge in [0.15, 0.2) is 0 Å². The molecule has 2 fully saturated rings. The van der Waals surface area contributed by atoms with Crippen LogP contribution in [0.5, 0.6) is 11.5 Å². The highest BCUT2D eigenvalue weighted by molar-refractivity contribution is 9.10. The average Bonchev–Trinajstić information content (AvgIpc) is 3.06. The second-order valence-electron chi connectivity index (χ2n) is 11.4. The molecule has 2 saturated heterocycles. The van der Waals surface area contributed by atoms with Crippen LogP contribution in [0.3, 0.4) is 0 Å². The first kappa shape index (κ1) is 33.0. The van der Waals surface area contributed by atoms with Crippen molar-refractivity contribution in [3.8, 4) is 11.5 Å². The number of para-hydroxylation sites is 1. The molecule has 14 heteroatoms. The van der Waals surface area contributed by atoms with Gasteiger partial charge in [0.25, 0.3) is 0 Å². The van der Waals surface area contributed by atoms with Gasteiger partial charge in [0.1, 0.15) is 23.0 Å². The maximum Gasteiger partial charge on any atom is 0.229 e. The van der Waals surface area contributed by atoms with E-state index in [2.05, 4.69) is 72.4 Å². The van der Waals surface area contributed by atoms with E-state index in [9.17, 15) is 8.42 Å². The van der Waals surface area contributed by atoms with E-state index < -0.39 is 10.9 Å². The lowest BCUT2D eigenvalue weighted by Crippen LogP contribution is -2.52. The van der Waals surface area contributed by atoms with Gasteiger partial charge in [0, 0.05) is 70.3 Å². The van der Waals surface area contributed by atoms with Crippen LogP contribution in [0.15, 0.2) is 41.0 Å². The first-order valence-corrected chi connectivity index (χ1v) is 17.1. The van der Waals surface area contributed by atoms with Crippen LogP contribution in [-0.4, -0.2) is 102 Å². The van der Waals surface area contributed by atoms with Crippen LogP contribution in [0.25, 0.3) is 0 Å². The Labute approximate surface area is 275 Å². The van der Waals surface area contributed by atoms with E-state index in [1.807, 2.05) is 0 Å². The maximum absolute atomic E-state index is 11.8. The molecule has 45 heavy (non-hydrogen) atoms. The van der Waals surface area contributed by atoms with E-state index in [0.717, 1.165) is 68.5 Å². The zero-order chi connectivity index (χ0) is 32.1. The number of thiol groups is 1. The van der Waals surface area contributed by atoms with Crippen LogP contribution in [0.1, 0.15) is 25.3 Å². The molecule has 0 amide bonds. The third kappa shape index (κ3) is 7.56. The van der Waals surface area contributed by atoms with E-state index in [1.165, 1.54) is 25.4 Å². The topological polar surface area (TPSA) is 115 Å². The Balaban J connectivity index is 1.35. The van der Waals surface area contributed by atoms with Gasteiger partial charge in [-0.05, 0) is 66.0 Å². The Morgan fingerprint density at radius 2 is 1.71 bits per heavy atom. The zero-order valence-corrected chi connectivity index (χ0v) is 29.0. The highest BCUT2D eigenvalue weighted by Crippen LogP contribution is 2.39. The molecule has 0 radical (unpaired) electrons. The average molecular weight is 704 g/mol. The number of rotatable bonds is 11. The Morgan fingerprint density at radius 1 is 1.00 bits per heavy atom. The highest BCUT2D eigenvalue weighted by Gasteiger charge is 2.28. The molecule has 0 bridgehead atoms. The van der Waals surface area contributed by atoms with Gasteiger partial charge in [-0.1, -0.05) is 13.0 Å². The monoisotopic (exact) mass is 702 g/mol. The summed E-state index contributed by atoms with van der Waals surface area (Å²) in [4.78, 5) is 16.8. The van der Waals surface area contributed by atoms with E-state index >= 15 is 0 Å². The molecule has 5 rings (SSSR count). The van der Waals surface area contributed by atoms with Gasteiger partial charge in [-0.2, -0.15) is 4.98 Å². The molecule has 2 aromatic carbocycles. The zero-order valence-electron chi connectivity index (χ0n) is 26.5. The molecule has 1 aromatic heterocycles. The SMILES string of the molecule is CCc1cc(Nc2ncc(Br)c(Nc3cccc(OC)c3N(C)[SH](=O)=O)n2)c(OC)cc1N1CCC(N2CCN(C)CC2)CC1. The van der Waals surface area contributed by atoms with Crippen molar-refractivity contribution in [1.29, 1.82) is 0 Å². The molecule has 0 unspecified atom stereocenters. The van der Waals surface area contributed by atoms with Gasteiger partial charge >= 0.3 is 0 Å². The number of benzene rings is 2. The normalized spacial score (nSPS) is 16.6. The smallest absolute Gasteiger partial charge is 0.229 e. The van der Waals surface area contributed by atoms with Crippen molar-refractivity contribution in [2.24, 2.45) is 0 Å². The summed E-state index contributed by atoms with van der Waals surface area (Å²) in [5.41, 5.74) is 4.08. The lowest BCUT2D eigenvalue weighted by atomic mass is 9.99. The fourth-order valence-corrected chi connectivity index (χ4v) is 6.74. The maximum atomic E-state index is 11.8. The number of piperazine rings is 1. The summed E-state index contributed by atoms with van der Waals surface area (Å²) < 4.78 is 36.7. The number of piperidine rings is 1. The lowest BCUT2D eigenvalue weighted by molar-refractivity contribution is 0.0982. The molecule has 244 valence electrons. The second kappa shape index (κ2) is 14.8. The molecule has 2 N–H and O–H groups in total. The number of aromatic nitrogens is 2. The van der Waals surface area contributed by atoms with E-state index in [-0.39, 0.29) is 0 Å². The number of ether oxygens (including phenoxy) is 2. The number of nitrogens with zero attached hydrogens (tertiary/aromatic N) is 6. The van der Waals surface area contributed by atoms with Crippen molar-refractivity contribution in [3.63, 3.8) is 0 Å². The van der Waals surface area contributed by atoms with Crippen LogP contribution < -0.4 is 29.3 Å². The summed E-state index contributed by atoms with van der Waals surface area (Å²) in [6.07, 6.45) is 4.83. The molecule has 3 heterocycles. The summed E-state index contributed by atoms with van der Waals surface area (Å²) in [6, 6.07) is 10.1. The van der Waals surface area contributed by atoms with Crippen molar-refractivity contribution in [3.05, 3.63) is 46.6 Å². The van der Waals surface area contributed by atoms with E-state index in [1.54, 1.807) is 31.5 Å². The van der Waals surface area contributed by atoms with Gasteiger partial charge in [0.05, 0.1) is 30.1 Å². The van der Waals surface area contributed by atoms with Crippen molar-refractivity contribution >= 4 is 61.3 Å². The number of hydrogen-bond acceptors (Lipinski definition) is 11. The fraction of sp³-hybridized carbons (Fsp3) is 0.484. The van der Waals surface area contributed by atoms with Gasteiger partial charge in [0.2, 0.25) is 16.8 Å². The predicted molar refractivity (Wildman–Crippen MR) is 185 cm³/mol. The second-order valence-corrected chi connectivity index (χ2v) is 13.3. The third-order valence-corrected chi connectivity index (χ3v) is 9.94. The minimum Gasteiger partial charge on any atom is -0.494 e. The molecular formula is C31H43BrN8O4S. The Hall–Kier alpha value is -3.33. The number of nitrogens with one attached hydrogen (secondary N) is 2. The number of hydrogen-bond donors (Lipinski definition) is 3. The quantitative estimate of drug-likeness (QED) is 0.246. The largest absolute Gasteiger partial charge is 0.494 e. The standard InChI is InChI=1S/C31H43BrN8O4S/c1-6-21-18-25(28(44-5)19-26(21)40-12-10-22(11-13-40)39-16-14-37(2)15-17-39)35-31-33-20-23(32)30(36-31)34-24-8-7-9-27(43-4)29(24)38(3)45(41)42/h7-9,18-20,22,45H,6,10-17H2,1-5H3,(H2,33,34,35,36). The number of aryl methyl sites for hydroxylation is 1. The van der Waals surface area contributed by atoms with E-state index in [4.69, 9.17) is 14.5 Å². The molecule has 2 aliphatic rings. The van der Waals surface area contributed by atoms with E-state index in [0.29, 0.717) is 45.2 Å². The van der Waals surface area contributed by atoms with Crippen molar-refractivity contribution in [1.82, 2.24) is 19.8 Å². The van der Waals surface area contributed by atoms with Crippen LogP contribution in [-0.2, 0) is 17.3 Å². The molecule has 0 spiro atoms. The van der Waals surface area contributed by atoms with Crippen molar-refractivity contribution < 1.29 is 17.9 Å². The summed E-state index contributed by atoms with van der Waals surface area (Å²) >= 11 is 3.52. The van der Waals surface area contributed by atoms with Gasteiger partial charge in [-0.3, -0.25) is 9.21 Å². The van der Waals surface area contributed by atoms with Gasteiger partial charge in [-0.25, -0.2) is 13.4 Å². The minimum atomic E-state index is -2.89.